The van der Waals surface area contributed by atoms with E-state index in [-0.39, 0.29) is 9.79 Å². The molecule has 0 spiro atoms. The van der Waals surface area contributed by atoms with Crippen LogP contribution in [0.25, 0.3) is 0 Å². The van der Waals surface area contributed by atoms with E-state index in [2.05, 4.69) is 10.3 Å². The Balaban J connectivity index is 2.39. The van der Waals surface area contributed by atoms with E-state index >= 15 is 0 Å². The molecular formula is C14H16N2O4S2. The number of rotatable bonds is 5. The molecule has 1 aromatic carbocycles. The molecule has 22 heavy (non-hydrogen) atoms. The van der Waals surface area contributed by atoms with E-state index in [1.54, 1.807) is 18.5 Å². The lowest BCUT2D eigenvalue weighted by Crippen LogP contribution is -2.08. The molecule has 1 N–H and O–H groups in total. The van der Waals surface area contributed by atoms with E-state index in [4.69, 9.17) is 0 Å². The van der Waals surface area contributed by atoms with Crippen molar-refractivity contribution in [2.75, 3.05) is 17.8 Å². The molecular weight excluding hydrogens is 324 g/mol. The van der Waals surface area contributed by atoms with Crippen LogP contribution in [0.15, 0.2) is 52.5 Å². The molecule has 0 radical (unpaired) electrons. The Morgan fingerprint density at radius 2 is 1.77 bits per heavy atom. The maximum Gasteiger partial charge on any atom is 0.177 e. The Kier molecular flexibility index (Phi) is 4.52. The fourth-order valence-corrected chi connectivity index (χ4v) is 3.49. The molecule has 0 aliphatic carbocycles. The topological polar surface area (TPSA) is 93.2 Å². The smallest absolute Gasteiger partial charge is 0.177 e. The van der Waals surface area contributed by atoms with Crippen molar-refractivity contribution in [2.45, 2.75) is 16.3 Å². The Bertz CT molecular complexity index is 876. The highest BCUT2D eigenvalue weighted by molar-refractivity contribution is 7.91. The third-order valence-corrected chi connectivity index (χ3v) is 5.23. The third kappa shape index (κ3) is 4.05. The van der Waals surface area contributed by atoms with Gasteiger partial charge in [0.1, 0.15) is 0 Å². The molecule has 0 amide bonds. The van der Waals surface area contributed by atoms with Gasteiger partial charge in [0.25, 0.3) is 0 Å². The normalized spacial score (nSPS) is 12.1. The van der Waals surface area contributed by atoms with E-state index in [0.29, 0.717) is 12.2 Å². The lowest BCUT2D eigenvalue weighted by Gasteiger charge is -2.12. The molecule has 0 aliphatic rings. The molecule has 0 bridgehead atoms. The summed E-state index contributed by atoms with van der Waals surface area (Å²) in [7, 11) is -7.03. The average Bonchev–Trinajstić information content (AvgIpc) is 2.44. The summed E-state index contributed by atoms with van der Waals surface area (Å²) in [5.41, 5.74) is 1.24. The first-order valence-electron chi connectivity index (χ1n) is 6.35. The molecule has 0 atom stereocenters. The van der Waals surface area contributed by atoms with E-state index < -0.39 is 19.7 Å². The zero-order valence-corrected chi connectivity index (χ0v) is 13.8. The summed E-state index contributed by atoms with van der Waals surface area (Å²) < 4.78 is 47.0. The summed E-state index contributed by atoms with van der Waals surface area (Å²) in [5, 5.41) is 3.00. The summed E-state index contributed by atoms with van der Waals surface area (Å²) in [4.78, 5) is 3.91. The van der Waals surface area contributed by atoms with Crippen LogP contribution in [-0.2, 0) is 26.2 Å². The third-order valence-electron chi connectivity index (χ3n) is 2.99. The summed E-state index contributed by atoms with van der Waals surface area (Å²) in [6.45, 7) is 0.384. The largest absolute Gasteiger partial charge is 0.380 e. The molecule has 118 valence electrons. The van der Waals surface area contributed by atoms with Gasteiger partial charge in [0.05, 0.1) is 15.5 Å². The van der Waals surface area contributed by atoms with Crippen LogP contribution in [0, 0.1) is 0 Å². The van der Waals surface area contributed by atoms with Crippen molar-refractivity contribution >= 4 is 25.4 Å². The second-order valence-corrected chi connectivity index (χ2v) is 8.92. The van der Waals surface area contributed by atoms with Crippen LogP contribution in [0.5, 0.6) is 0 Å². The van der Waals surface area contributed by atoms with Crippen LogP contribution in [0.2, 0.25) is 0 Å². The highest BCUT2D eigenvalue weighted by atomic mass is 32.2. The van der Waals surface area contributed by atoms with Crippen molar-refractivity contribution in [1.29, 1.82) is 0 Å². The van der Waals surface area contributed by atoms with Gasteiger partial charge < -0.3 is 5.32 Å². The van der Waals surface area contributed by atoms with Crippen molar-refractivity contribution in [3.05, 3.63) is 48.3 Å². The lowest BCUT2D eigenvalue weighted by atomic mass is 10.2. The van der Waals surface area contributed by atoms with Crippen LogP contribution in [-0.4, -0.2) is 34.3 Å². The molecule has 2 aromatic rings. The minimum atomic E-state index is -3.56. The fraction of sp³-hybridized carbons (Fsp3) is 0.214. The van der Waals surface area contributed by atoms with E-state index in [0.717, 1.165) is 18.1 Å². The van der Waals surface area contributed by atoms with Gasteiger partial charge in [-0.05, 0) is 29.8 Å². The highest BCUT2D eigenvalue weighted by Crippen LogP contribution is 2.25. The van der Waals surface area contributed by atoms with Gasteiger partial charge in [0.15, 0.2) is 19.7 Å². The molecule has 0 saturated carbocycles. The molecule has 1 aromatic heterocycles. The molecule has 2 rings (SSSR count). The zero-order chi connectivity index (χ0) is 16.4. The van der Waals surface area contributed by atoms with E-state index in [1.807, 2.05) is 6.07 Å². The van der Waals surface area contributed by atoms with Gasteiger partial charge in [-0.1, -0.05) is 6.07 Å². The number of hydrogen-bond donors (Lipinski definition) is 1. The highest BCUT2D eigenvalue weighted by Gasteiger charge is 2.17. The van der Waals surface area contributed by atoms with Crippen molar-refractivity contribution in [2.24, 2.45) is 0 Å². The van der Waals surface area contributed by atoms with Gasteiger partial charge >= 0.3 is 0 Å². The van der Waals surface area contributed by atoms with Crippen molar-refractivity contribution in [3.8, 4) is 0 Å². The number of aromatic nitrogens is 1. The summed E-state index contributed by atoms with van der Waals surface area (Å²) in [5.74, 6) is 0. The first kappa shape index (κ1) is 16.4. The number of anilines is 1. The number of benzene rings is 1. The number of hydrogen-bond acceptors (Lipinski definition) is 6. The molecule has 0 unspecified atom stereocenters. The summed E-state index contributed by atoms with van der Waals surface area (Å²) in [6, 6.07) is 7.65. The van der Waals surface area contributed by atoms with Gasteiger partial charge in [0, 0.05) is 31.4 Å². The molecule has 1 heterocycles. The first-order chi connectivity index (χ1) is 10.2. The van der Waals surface area contributed by atoms with Gasteiger partial charge in [-0.2, -0.15) is 0 Å². The van der Waals surface area contributed by atoms with Gasteiger partial charge in [-0.25, -0.2) is 16.8 Å². The average molecular weight is 340 g/mol. The second-order valence-electron chi connectivity index (χ2n) is 4.92. The van der Waals surface area contributed by atoms with E-state index in [1.165, 1.54) is 18.2 Å². The van der Waals surface area contributed by atoms with Crippen LogP contribution >= 0.6 is 0 Å². The maximum absolute atomic E-state index is 11.9. The van der Waals surface area contributed by atoms with Crippen molar-refractivity contribution in [3.63, 3.8) is 0 Å². The van der Waals surface area contributed by atoms with Crippen LogP contribution in [0.4, 0.5) is 5.69 Å². The minimum absolute atomic E-state index is 0.0279. The van der Waals surface area contributed by atoms with Crippen LogP contribution in [0.1, 0.15) is 5.56 Å². The molecule has 8 heteroatoms. The number of nitrogens with one attached hydrogen (secondary N) is 1. The monoisotopic (exact) mass is 340 g/mol. The molecule has 0 saturated heterocycles. The minimum Gasteiger partial charge on any atom is -0.380 e. The summed E-state index contributed by atoms with van der Waals surface area (Å²) >= 11 is 0. The second kappa shape index (κ2) is 6.05. The number of nitrogens with zero attached hydrogens (tertiary/aromatic N) is 1. The lowest BCUT2D eigenvalue weighted by molar-refractivity contribution is 0.600. The quantitative estimate of drug-likeness (QED) is 0.886. The van der Waals surface area contributed by atoms with Gasteiger partial charge in [-0.15, -0.1) is 0 Å². The zero-order valence-electron chi connectivity index (χ0n) is 12.1. The number of sulfone groups is 2. The maximum atomic E-state index is 11.9. The SMILES string of the molecule is CS(=O)(=O)c1ccc(NCc2cccnc2)c(S(C)(=O)=O)c1. The predicted molar refractivity (Wildman–Crippen MR) is 84.2 cm³/mol. The predicted octanol–water partition coefficient (Wildman–Crippen LogP) is 1.50. The van der Waals surface area contributed by atoms with Crippen LogP contribution in [0.3, 0.4) is 0 Å². The van der Waals surface area contributed by atoms with Crippen molar-refractivity contribution < 1.29 is 16.8 Å². The molecule has 0 fully saturated rings. The fourth-order valence-electron chi connectivity index (χ4n) is 1.89. The Morgan fingerprint density at radius 3 is 2.32 bits per heavy atom. The van der Waals surface area contributed by atoms with E-state index in [9.17, 15) is 16.8 Å². The van der Waals surface area contributed by atoms with Gasteiger partial charge in [0.2, 0.25) is 0 Å². The summed E-state index contributed by atoms with van der Waals surface area (Å²) in [6.07, 6.45) is 5.39. The Hall–Kier alpha value is -1.93. The van der Waals surface area contributed by atoms with Crippen molar-refractivity contribution in [1.82, 2.24) is 4.98 Å². The molecule has 6 nitrogen and oxygen atoms in total. The first-order valence-corrected chi connectivity index (χ1v) is 10.1. The Labute approximate surface area is 130 Å². The standard InChI is InChI=1S/C14H16N2O4S2/c1-21(17,18)12-5-6-13(14(8-12)22(2,19)20)16-10-11-4-3-7-15-9-11/h3-9,16H,10H2,1-2H3. The van der Waals surface area contributed by atoms with Gasteiger partial charge in [-0.3, -0.25) is 4.98 Å². The Morgan fingerprint density at radius 1 is 1.05 bits per heavy atom. The molecule has 0 aliphatic heterocycles. The van der Waals surface area contributed by atoms with Crippen LogP contribution < -0.4 is 5.32 Å². The number of pyridine rings is 1.